The van der Waals surface area contributed by atoms with E-state index in [4.69, 9.17) is 0 Å². The van der Waals surface area contributed by atoms with Gasteiger partial charge in [-0.05, 0) is 35.9 Å². The first-order valence-corrected chi connectivity index (χ1v) is 7.12. The molecular weight excluding hydrogens is 382 g/mol. The van der Waals surface area contributed by atoms with Gasteiger partial charge in [0, 0.05) is 11.0 Å². The van der Waals surface area contributed by atoms with Gasteiger partial charge in [-0.1, -0.05) is 28.1 Å². The molecule has 122 valence electrons. The maximum absolute atomic E-state index is 13.6. The average molecular weight is 392 g/mol. The number of amides is 1. The van der Waals surface area contributed by atoms with Crippen LogP contribution < -0.4 is 10.1 Å². The first-order chi connectivity index (χ1) is 10.7. The van der Waals surface area contributed by atoms with Gasteiger partial charge in [-0.15, -0.1) is 13.2 Å². The predicted molar refractivity (Wildman–Crippen MR) is 78.4 cm³/mol. The minimum atomic E-state index is -4.76. The molecule has 0 aliphatic carbocycles. The second-order valence-electron chi connectivity index (χ2n) is 4.50. The number of nitrogens with one attached hydrogen (secondary N) is 1. The van der Waals surface area contributed by atoms with Crippen molar-refractivity contribution in [2.45, 2.75) is 12.9 Å². The van der Waals surface area contributed by atoms with Gasteiger partial charge >= 0.3 is 6.36 Å². The SMILES string of the molecule is O=C(NCc1ccc(OC(F)(F)F)cc1)c1cc(Br)ccc1F. The summed E-state index contributed by atoms with van der Waals surface area (Å²) in [5.41, 5.74) is 0.416. The van der Waals surface area contributed by atoms with Crippen molar-refractivity contribution in [1.29, 1.82) is 0 Å². The Kier molecular flexibility index (Phi) is 5.25. The molecule has 3 nitrogen and oxygen atoms in total. The molecule has 23 heavy (non-hydrogen) atoms. The van der Waals surface area contributed by atoms with Crippen LogP contribution in [0.25, 0.3) is 0 Å². The normalized spacial score (nSPS) is 11.2. The summed E-state index contributed by atoms with van der Waals surface area (Å²) in [6.45, 7) is 0.0388. The zero-order valence-corrected chi connectivity index (χ0v) is 13.0. The van der Waals surface area contributed by atoms with Gasteiger partial charge in [0.05, 0.1) is 5.56 Å². The first kappa shape index (κ1) is 17.3. The lowest BCUT2D eigenvalue weighted by molar-refractivity contribution is -0.274. The maximum Gasteiger partial charge on any atom is 0.573 e. The molecule has 0 fully saturated rings. The van der Waals surface area contributed by atoms with Gasteiger partial charge in [-0.25, -0.2) is 4.39 Å². The van der Waals surface area contributed by atoms with E-state index < -0.39 is 18.1 Å². The molecule has 2 aromatic rings. The number of carbonyl (C=O) groups excluding carboxylic acids is 1. The monoisotopic (exact) mass is 391 g/mol. The summed E-state index contributed by atoms with van der Waals surface area (Å²) < 4.78 is 53.9. The van der Waals surface area contributed by atoms with Crippen LogP contribution >= 0.6 is 15.9 Å². The Bertz CT molecular complexity index is 702. The van der Waals surface area contributed by atoms with Crippen molar-refractivity contribution in [2.24, 2.45) is 0 Å². The van der Waals surface area contributed by atoms with Crippen LogP contribution in [0, 0.1) is 5.82 Å². The minimum absolute atomic E-state index is 0.0388. The molecule has 0 spiro atoms. The number of ether oxygens (including phenoxy) is 1. The zero-order chi connectivity index (χ0) is 17.0. The molecule has 2 aromatic carbocycles. The quantitative estimate of drug-likeness (QED) is 0.783. The van der Waals surface area contributed by atoms with Crippen LogP contribution in [0.15, 0.2) is 46.9 Å². The molecule has 0 aliphatic rings. The Morgan fingerprint density at radius 2 is 1.78 bits per heavy atom. The second-order valence-corrected chi connectivity index (χ2v) is 5.41. The molecule has 0 heterocycles. The van der Waals surface area contributed by atoms with Gasteiger partial charge in [0.2, 0.25) is 0 Å². The Labute approximate surface area is 137 Å². The minimum Gasteiger partial charge on any atom is -0.406 e. The largest absolute Gasteiger partial charge is 0.573 e. The highest BCUT2D eigenvalue weighted by atomic mass is 79.9. The highest BCUT2D eigenvalue weighted by molar-refractivity contribution is 9.10. The lowest BCUT2D eigenvalue weighted by Crippen LogP contribution is -2.23. The fourth-order valence-electron chi connectivity index (χ4n) is 1.76. The molecule has 0 aromatic heterocycles. The third-order valence-electron chi connectivity index (χ3n) is 2.78. The third kappa shape index (κ3) is 5.24. The van der Waals surface area contributed by atoms with E-state index in [1.54, 1.807) is 0 Å². The van der Waals surface area contributed by atoms with Crippen LogP contribution in [0.5, 0.6) is 5.75 Å². The van der Waals surface area contributed by atoms with Crippen molar-refractivity contribution in [3.63, 3.8) is 0 Å². The number of hydrogen-bond acceptors (Lipinski definition) is 2. The Morgan fingerprint density at radius 1 is 1.13 bits per heavy atom. The molecule has 8 heteroatoms. The topological polar surface area (TPSA) is 38.3 Å². The molecule has 0 saturated carbocycles. The number of benzene rings is 2. The summed E-state index contributed by atoms with van der Waals surface area (Å²) in [4.78, 5) is 11.9. The number of rotatable bonds is 4. The Hall–Kier alpha value is -2.09. The Balaban J connectivity index is 1.98. The van der Waals surface area contributed by atoms with Gasteiger partial charge in [0.1, 0.15) is 11.6 Å². The van der Waals surface area contributed by atoms with E-state index in [9.17, 15) is 22.4 Å². The van der Waals surface area contributed by atoms with Crippen molar-refractivity contribution >= 4 is 21.8 Å². The van der Waals surface area contributed by atoms with Gasteiger partial charge in [0.15, 0.2) is 0 Å². The second kappa shape index (κ2) is 6.99. The van der Waals surface area contributed by atoms with Gasteiger partial charge in [-0.2, -0.15) is 0 Å². The molecule has 0 radical (unpaired) electrons. The summed E-state index contributed by atoms with van der Waals surface area (Å²) in [5.74, 6) is -1.65. The summed E-state index contributed by atoms with van der Waals surface area (Å²) in [7, 11) is 0. The predicted octanol–water partition coefficient (Wildman–Crippen LogP) is 4.42. The van der Waals surface area contributed by atoms with Crippen molar-refractivity contribution in [1.82, 2.24) is 5.32 Å². The van der Waals surface area contributed by atoms with Crippen molar-refractivity contribution in [3.8, 4) is 5.75 Å². The van der Waals surface area contributed by atoms with E-state index >= 15 is 0 Å². The fraction of sp³-hybridized carbons (Fsp3) is 0.133. The van der Waals surface area contributed by atoms with Crippen LogP contribution in [0.1, 0.15) is 15.9 Å². The third-order valence-corrected chi connectivity index (χ3v) is 3.28. The van der Waals surface area contributed by atoms with Gasteiger partial charge in [0.25, 0.3) is 5.91 Å². The smallest absolute Gasteiger partial charge is 0.406 e. The lowest BCUT2D eigenvalue weighted by Gasteiger charge is -2.10. The molecule has 1 amide bonds. The standard InChI is InChI=1S/C15H10BrF4NO2/c16-10-3-6-13(17)12(7-10)14(22)21-8-9-1-4-11(5-2-9)23-15(18,19)20/h1-7H,8H2,(H,21,22). The lowest BCUT2D eigenvalue weighted by atomic mass is 10.2. The van der Waals surface area contributed by atoms with E-state index in [0.29, 0.717) is 10.0 Å². The first-order valence-electron chi connectivity index (χ1n) is 6.32. The highest BCUT2D eigenvalue weighted by Gasteiger charge is 2.30. The number of hydrogen-bond donors (Lipinski definition) is 1. The number of halogens is 5. The number of alkyl halides is 3. The number of carbonyl (C=O) groups is 1. The van der Waals surface area contributed by atoms with Crippen LogP contribution in [0.3, 0.4) is 0 Å². The van der Waals surface area contributed by atoms with E-state index in [1.165, 1.54) is 24.3 Å². The molecular formula is C15H10BrF4NO2. The summed E-state index contributed by atoms with van der Waals surface area (Å²) in [6, 6.07) is 8.97. The van der Waals surface area contributed by atoms with Crippen molar-refractivity contribution < 1.29 is 27.1 Å². The average Bonchev–Trinajstić information content (AvgIpc) is 2.47. The Morgan fingerprint density at radius 3 is 2.39 bits per heavy atom. The zero-order valence-electron chi connectivity index (χ0n) is 11.5. The van der Waals surface area contributed by atoms with Crippen LogP contribution in [-0.2, 0) is 6.54 Å². The molecule has 0 bridgehead atoms. The maximum atomic E-state index is 13.6. The van der Waals surface area contributed by atoms with Crippen LogP contribution in [-0.4, -0.2) is 12.3 Å². The molecule has 1 N–H and O–H groups in total. The molecule has 0 saturated heterocycles. The fourth-order valence-corrected chi connectivity index (χ4v) is 2.12. The molecule has 2 rings (SSSR count). The van der Waals surface area contributed by atoms with Crippen LogP contribution in [0.2, 0.25) is 0 Å². The summed E-state index contributed by atoms with van der Waals surface area (Å²) >= 11 is 3.14. The van der Waals surface area contributed by atoms with Crippen LogP contribution in [0.4, 0.5) is 17.6 Å². The molecule has 0 atom stereocenters. The van der Waals surface area contributed by atoms with E-state index in [-0.39, 0.29) is 17.9 Å². The molecule has 0 unspecified atom stereocenters. The van der Waals surface area contributed by atoms with Crippen molar-refractivity contribution in [2.75, 3.05) is 0 Å². The van der Waals surface area contributed by atoms with Gasteiger partial charge in [-0.3, -0.25) is 4.79 Å². The van der Waals surface area contributed by atoms with E-state index in [2.05, 4.69) is 26.0 Å². The molecule has 0 aliphatic heterocycles. The van der Waals surface area contributed by atoms with E-state index in [0.717, 1.165) is 18.2 Å². The van der Waals surface area contributed by atoms with Crippen molar-refractivity contribution in [3.05, 3.63) is 63.9 Å². The highest BCUT2D eigenvalue weighted by Crippen LogP contribution is 2.22. The van der Waals surface area contributed by atoms with E-state index in [1.807, 2.05) is 0 Å². The summed E-state index contributed by atoms with van der Waals surface area (Å²) in [6.07, 6.45) is -4.76. The van der Waals surface area contributed by atoms with Gasteiger partial charge < -0.3 is 10.1 Å². The summed E-state index contributed by atoms with van der Waals surface area (Å²) in [5, 5.41) is 2.49.